The van der Waals surface area contributed by atoms with Gasteiger partial charge < -0.3 is 0 Å². The number of aliphatic imine (C=N–C) groups is 1. The predicted octanol–water partition coefficient (Wildman–Crippen LogP) is 1.25. The predicted molar refractivity (Wildman–Crippen MR) is 50.9 cm³/mol. The molecular formula is C8H13N2P. The molecule has 0 N–H and O–H groups in total. The summed E-state index contributed by atoms with van der Waals surface area (Å²) >= 11 is 0. The minimum atomic E-state index is 0.972. The zero-order chi connectivity index (χ0) is 7.84. The number of hydrogen-bond donors (Lipinski definition) is 0. The first-order valence-electron chi connectivity index (χ1n) is 3.99. The van der Waals surface area contributed by atoms with Gasteiger partial charge >= 0.3 is 0 Å². The maximum absolute atomic E-state index is 4.42. The molecule has 0 bridgehead atoms. The van der Waals surface area contributed by atoms with E-state index in [-0.39, 0.29) is 0 Å². The molecule has 2 aliphatic rings. The van der Waals surface area contributed by atoms with Crippen molar-refractivity contribution in [2.45, 2.75) is 13.3 Å². The Hall–Kier alpha value is -0.200. The summed E-state index contributed by atoms with van der Waals surface area (Å²) < 4.78 is 2.28. The lowest BCUT2D eigenvalue weighted by Crippen LogP contribution is -2.24. The normalized spacial score (nSPS) is 25.5. The standard InChI is InChI=1S/C8H13N2P/c1-6-8-5-10(11)3-2-7(8)4-9-6/h2-5,11H2,1H3. The summed E-state index contributed by atoms with van der Waals surface area (Å²) in [6.07, 6.45) is 1.21. The van der Waals surface area contributed by atoms with Crippen molar-refractivity contribution >= 4 is 15.1 Å². The topological polar surface area (TPSA) is 15.6 Å². The Morgan fingerprint density at radius 3 is 3.18 bits per heavy atom. The van der Waals surface area contributed by atoms with Gasteiger partial charge in [-0.25, -0.2) is 0 Å². The molecular weight excluding hydrogens is 155 g/mol. The van der Waals surface area contributed by atoms with Crippen LogP contribution in [0.15, 0.2) is 16.1 Å². The van der Waals surface area contributed by atoms with Crippen molar-refractivity contribution in [2.24, 2.45) is 4.99 Å². The molecule has 2 heterocycles. The molecule has 11 heavy (non-hydrogen) atoms. The van der Waals surface area contributed by atoms with E-state index in [1.807, 2.05) is 0 Å². The van der Waals surface area contributed by atoms with E-state index in [9.17, 15) is 0 Å². The van der Waals surface area contributed by atoms with Crippen molar-refractivity contribution in [1.82, 2.24) is 4.67 Å². The third kappa shape index (κ3) is 1.25. The minimum absolute atomic E-state index is 0.972. The van der Waals surface area contributed by atoms with Crippen molar-refractivity contribution in [3.63, 3.8) is 0 Å². The second-order valence-electron chi connectivity index (χ2n) is 3.20. The van der Waals surface area contributed by atoms with Crippen LogP contribution in [0, 0.1) is 0 Å². The van der Waals surface area contributed by atoms with Crippen LogP contribution in [0.1, 0.15) is 13.3 Å². The summed E-state index contributed by atoms with van der Waals surface area (Å²) in [6.45, 7) is 5.34. The molecule has 60 valence electrons. The molecule has 0 radical (unpaired) electrons. The molecule has 1 unspecified atom stereocenters. The molecule has 0 fully saturated rings. The van der Waals surface area contributed by atoms with E-state index in [0.717, 1.165) is 13.1 Å². The smallest absolute Gasteiger partial charge is 0.0610 e. The van der Waals surface area contributed by atoms with Crippen LogP contribution < -0.4 is 0 Å². The van der Waals surface area contributed by atoms with Gasteiger partial charge in [-0.15, -0.1) is 0 Å². The Labute approximate surface area is 69.6 Å². The Morgan fingerprint density at radius 2 is 2.36 bits per heavy atom. The van der Waals surface area contributed by atoms with Crippen molar-refractivity contribution in [3.8, 4) is 0 Å². The van der Waals surface area contributed by atoms with E-state index in [0.29, 0.717) is 0 Å². The van der Waals surface area contributed by atoms with E-state index in [1.54, 1.807) is 5.57 Å². The highest BCUT2D eigenvalue weighted by molar-refractivity contribution is 7.13. The van der Waals surface area contributed by atoms with E-state index >= 15 is 0 Å². The zero-order valence-corrected chi connectivity index (χ0v) is 7.95. The second kappa shape index (κ2) is 2.69. The van der Waals surface area contributed by atoms with Crippen LogP contribution in [0.25, 0.3) is 0 Å². The molecule has 1 atom stereocenters. The first-order chi connectivity index (χ1) is 5.27. The first kappa shape index (κ1) is 7.45. The molecule has 0 aromatic carbocycles. The fourth-order valence-electron chi connectivity index (χ4n) is 1.68. The van der Waals surface area contributed by atoms with E-state index in [4.69, 9.17) is 0 Å². The molecule has 2 rings (SSSR count). The maximum Gasteiger partial charge on any atom is 0.0610 e. The Kier molecular flexibility index (Phi) is 1.82. The summed E-state index contributed by atoms with van der Waals surface area (Å²) in [5, 5.41) is 0. The fourth-order valence-corrected chi connectivity index (χ4v) is 1.99. The van der Waals surface area contributed by atoms with Gasteiger partial charge in [0, 0.05) is 18.8 Å². The van der Waals surface area contributed by atoms with Crippen molar-refractivity contribution in [2.75, 3.05) is 19.6 Å². The van der Waals surface area contributed by atoms with Crippen LogP contribution in [0.5, 0.6) is 0 Å². The van der Waals surface area contributed by atoms with Gasteiger partial charge in [0.2, 0.25) is 0 Å². The molecule has 0 saturated carbocycles. The number of rotatable bonds is 0. The molecule has 0 spiro atoms. The largest absolute Gasteiger partial charge is 0.285 e. The third-order valence-electron chi connectivity index (χ3n) is 2.43. The molecule has 0 aliphatic carbocycles. The summed E-state index contributed by atoms with van der Waals surface area (Å²) in [5.41, 5.74) is 4.32. The number of hydrogen-bond acceptors (Lipinski definition) is 2. The van der Waals surface area contributed by atoms with Crippen LogP contribution in [0.4, 0.5) is 0 Å². The highest BCUT2D eigenvalue weighted by atomic mass is 31.0. The number of nitrogens with zero attached hydrogens (tertiary/aromatic N) is 2. The molecule has 2 nitrogen and oxygen atoms in total. The molecule has 0 aromatic rings. The van der Waals surface area contributed by atoms with Crippen molar-refractivity contribution < 1.29 is 0 Å². The van der Waals surface area contributed by atoms with Gasteiger partial charge in [0.15, 0.2) is 0 Å². The van der Waals surface area contributed by atoms with Crippen LogP contribution >= 0.6 is 9.39 Å². The molecule has 0 amide bonds. The molecule has 0 aromatic heterocycles. The van der Waals surface area contributed by atoms with E-state index in [2.05, 4.69) is 26.0 Å². The average Bonchev–Trinajstić information content (AvgIpc) is 2.33. The van der Waals surface area contributed by atoms with Crippen LogP contribution in [-0.2, 0) is 0 Å². The first-order valence-corrected chi connectivity index (χ1v) is 4.51. The van der Waals surface area contributed by atoms with Crippen molar-refractivity contribution in [1.29, 1.82) is 0 Å². The zero-order valence-electron chi connectivity index (χ0n) is 6.80. The van der Waals surface area contributed by atoms with Gasteiger partial charge in [-0.3, -0.25) is 9.66 Å². The Bertz CT molecular complexity index is 242. The highest BCUT2D eigenvalue weighted by Crippen LogP contribution is 2.25. The van der Waals surface area contributed by atoms with Crippen LogP contribution in [0.3, 0.4) is 0 Å². The SMILES string of the molecule is CC1=NCC2=C1CN(P)CC2. The van der Waals surface area contributed by atoms with Crippen LogP contribution in [-0.4, -0.2) is 30.0 Å². The van der Waals surface area contributed by atoms with Gasteiger partial charge in [0.05, 0.1) is 6.54 Å². The van der Waals surface area contributed by atoms with Gasteiger partial charge in [-0.05, 0) is 24.5 Å². The van der Waals surface area contributed by atoms with E-state index in [1.165, 1.54) is 24.3 Å². The van der Waals surface area contributed by atoms with E-state index < -0.39 is 0 Å². The summed E-state index contributed by atoms with van der Waals surface area (Å²) in [4.78, 5) is 4.42. The summed E-state index contributed by atoms with van der Waals surface area (Å²) in [5.74, 6) is 0. The summed E-state index contributed by atoms with van der Waals surface area (Å²) in [6, 6.07) is 0. The Balaban J connectivity index is 2.24. The highest BCUT2D eigenvalue weighted by Gasteiger charge is 2.21. The Morgan fingerprint density at radius 1 is 1.55 bits per heavy atom. The van der Waals surface area contributed by atoms with Crippen LogP contribution in [0.2, 0.25) is 0 Å². The molecule has 0 saturated heterocycles. The second-order valence-corrected chi connectivity index (χ2v) is 3.93. The summed E-state index contributed by atoms with van der Waals surface area (Å²) in [7, 11) is 2.76. The molecule has 3 heteroatoms. The molecule has 2 aliphatic heterocycles. The third-order valence-corrected chi connectivity index (χ3v) is 2.87. The van der Waals surface area contributed by atoms with Gasteiger partial charge in [0.25, 0.3) is 0 Å². The lowest BCUT2D eigenvalue weighted by Gasteiger charge is -2.23. The van der Waals surface area contributed by atoms with Gasteiger partial charge in [-0.2, -0.15) is 0 Å². The maximum atomic E-state index is 4.42. The van der Waals surface area contributed by atoms with Crippen molar-refractivity contribution in [3.05, 3.63) is 11.1 Å². The fraction of sp³-hybridized carbons (Fsp3) is 0.625. The van der Waals surface area contributed by atoms with Gasteiger partial charge in [-0.1, -0.05) is 9.39 Å². The average molecular weight is 168 g/mol. The quantitative estimate of drug-likeness (QED) is 0.497. The lowest BCUT2D eigenvalue weighted by molar-refractivity contribution is 0.491. The minimum Gasteiger partial charge on any atom is -0.285 e. The lowest BCUT2D eigenvalue weighted by atomic mass is 10.0. The van der Waals surface area contributed by atoms with Gasteiger partial charge in [0.1, 0.15) is 0 Å². The monoisotopic (exact) mass is 168 g/mol.